The number of amides is 2. The number of hydrogen-bond acceptors (Lipinski definition) is 7. The van der Waals surface area contributed by atoms with Crippen molar-refractivity contribution in [1.82, 2.24) is 10.6 Å². The maximum Gasteiger partial charge on any atom is 0.331 e. The summed E-state index contributed by atoms with van der Waals surface area (Å²) in [6.07, 6.45) is 0.605. The van der Waals surface area contributed by atoms with Gasteiger partial charge < -0.3 is 20.1 Å². The number of carbonyl (C=O) groups excluding carboxylic acids is 4. The number of rotatable bonds is 14. The zero-order chi connectivity index (χ0) is 25.7. The van der Waals surface area contributed by atoms with E-state index in [1.54, 1.807) is 20.8 Å². The van der Waals surface area contributed by atoms with Gasteiger partial charge in [-0.05, 0) is 31.2 Å². The minimum atomic E-state index is -1.24. The lowest BCUT2D eigenvalue weighted by Gasteiger charge is -2.34. The van der Waals surface area contributed by atoms with Crippen LogP contribution in [0.1, 0.15) is 59.9 Å². The molecular weight excluding hydrogens is 456 g/mol. The van der Waals surface area contributed by atoms with Gasteiger partial charge >= 0.3 is 5.97 Å². The molecule has 0 saturated carbocycles. The van der Waals surface area contributed by atoms with E-state index in [1.807, 2.05) is 44.2 Å². The molecule has 190 valence electrons. The van der Waals surface area contributed by atoms with Crippen molar-refractivity contribution in [2.75, 3.05) is 13.2 Å². The topological polar surface area (TPSA) is 111 Å². The molecule has 0 fully saturated rings. The number of esters is 1. The van der Waals surface area contributed by atoms with E-state index >= 15 is 0 Å². The highest BCUT2D eigenvalue weighted by Gasteiger charge is 2.40. The summed E-state index contributed by atoms with van der Waals surface area (Å²) in [5.41, 5.74) is -0.311. The van der Waals surface area contributed by atoms with Crippen molar-refractivity contribution < 1.29 is 28.7 Å². The largest absolute Gasteiger partial charge is 0.464 e. The van der Waals surface area contributed by atoms with E-state index in [9.17, 15) is 19.2 Å². The molecule has 2 amide bonds. The van der Waals surface area contributed by atoms with Crippen LogP contribution in [0.2, 0.25) is 0 Å². The van der Waals surface area contributed by atoms with Crippen molar-refractivity contribution >= 4 is 34.7 Å². The van der Waals surface area contributed by atoms with Crippen molar-refractivity contribution in [1.29, 1.82) is 0 Å². The monoisotopic (exact) mass is 494 g/mol. The van der Waals surface area contributed by atoms with Crippen LogP contribution in [0.5, 0.6) is 0 Å². The Morgan fingerprint density at radius 1 is 1.03 bits per heavy atom. The number of carbonyl (C=O) groups is 4. The van der Waals surface area contributed by atoms with Crippen LogP contribution in [0, 0.1) is 5.92 Å². The van der Waals surface area contributed by atoms with Crippen molar-refractivity contribution in [3.63, 3.8) is 0 Å². The van der Waals surface area contributed by atoms with Gasteiger partial charge in [0.15, 0.2) is 11.2 Å². The molecule has 0 aliphatic carbocycles. The Morgan fingerprint density at radius 3 is 2.15 bits per heavy atom. The van der Waals surface area contributed by atoms with Crippen molar-refractivity contribution in [2.24, 2.45) is 5.92 Å². The molecule has 0 aliphatic heterocycles. The van der Waals surface area contributed by atoms with Crippen molar-refractivity contribution in [2.45, 2.75) is 77.8 Å². The summed E-state index contributed by atoms with van der Waals surface area (Å²) in [6.45, 7) is 10.7. The maximum absolute atomic E-state index is 13.4. The van der Waals surface area contributed by atoms with Gasteiger partial charge in [-0.1, -0.05) is 69.8 Å². The zero-order valence-electron chi connectivity index (χ0n) is 21.0. The van der Waals surface area contributed by atoms with Gasteiger partial charge in [0.1, 0.15) is 5.54 Å². The van der Waals surface area contributed by atoms with Crippen LogP contribution in [0.15, 0.2) is 30.3 Å². The predicted octanol–water partition coefficient (Wildman–Crippen LogP) is 3.23. The molecule has 34 heavy (non-hydrogen) atoms. The molecular formula is C25H38N2O6S. The summed E-state index contributed by atoms with van der Waals surface area (Å²) < 4.78 is 10.8. The van der Waals surface area contributed by atoms with Crippen molar-refractivity contribution in [3.8, 4) is 0 Å². The fourth-order valence-electron chi connectivity index (χ4n) is 3.36. The third-order valence-corrected chi connectivity index (χ3v) is 6.78. The molecule has 0 aliphatic rings. The molecule has 2 N–H and O–H groups in total. The SMILES string of the molecule is CCOC(=O)[C@@H](COCc1ccccc1)NC(=O)C(CC)(CC)NC(=O)[C@@H](SC(C)=O)C(C)C. The Bertz CT molecular complexity index is 811. The van der Waals surface area contributed by atoms with E-state index in [1.165, 1.54) is 6.92 Å². The number of benzene rings is 1. The van der Waals surface area contributed by atoms with E-state index in [4.69, 9.17) is 9.47 Å². The van der Waals surface area contributed by atoms with Crippen LogP contribution in [0.25, 0.3) is 0 Å². The van der Waals surface area contributed by atoms with E-state index in [2.05, 4.69) is 10.6 Å². The first-order valence-corrected chi connectivity index (χ1v) is 12.6. The summed E-state index contributed by atoms with van der Waals surface area (Å²) in [4.78, 5) is 50.5. The average molecular weight is 495 g/mol. The van der Waals surface area contributed by atoms with E-state index in [0.29, 0.717) is 12.8 Å². The lowest BCUT2D eigenvalue weighted by atomic mass is 9.90. The molecule has 0 spiro atoms. The molecule has 1 aromatic carbocycles. The molecule has 8 nitrogen and oxygen atoms in total. The molecule has 0 saturated heterocycles. The number of thioether (sulfide) groups is 1. The fourth-order valence-corrected chi connectivity index (χ4v) is 4.16. The Kier molecular flexibility index (Phi) is 12.9. The number of hydrogen-bond donors (Lipinski definition) is 2. The van der Waals surface area contributed by atoms with E-state index in [-0.39, 0.29) is 36.8 Å². The van der Waals surface area contributed by atoms with E-state index < -0.39 is 28.7 Å². The van der Waals surface area contributed by atoms with Gasteiger partial charge in [-0.3, -0.25) is 14.4 Å². The number of nitrogens with one attached hydrogen (secondary N) is 2. The summed E-state index contributed by atoms with van der Waals surface area (Å²) in [6, 6.07) is 8.44. The Balaban J connectivity index is 2.99. The lowest BCUT2D eigenvalue weighted by molar-refractivity contribution is -0.150. The second kappa shape index (κ2) is 14.8. The molecule has 0 heterocycles. The normalized spacial score (nSPS) is 13.1. The van der Waals surface area contributed by atoms with E-state index in [0.717, 1.165) is 17.3 Å². The second-order valence-corrected chi connectivity index (χ2v) is 9.65. The molecule has 1 aromatic rings. The van der Waals surface area contributed by atoms with Gasteiger partial charge in [0.2, 0.25) is 11.8 Å². The quantitative estimate of drug-likeness (QED) is 0.382. The predicted molar refractivity (Wildman–Crippen MR) is 133 cm³/mol. The van der Waals surface area contributed by atoms with Crippen LogP contribution in [0.3, 0.4) is 0 Å². The molecule has 0 radical (unpaired) electrons. The smallest absolute Gasteiger partial charge is 0.331 e. The third-order valence-electron chi connectivity index (χ3n) is 5.43. The van der Waals surface area contributed by atoms with Crippen LogP contribution < -0.4 is 10.6 Å². The molecule has 9 heteroatoms. The average Bonchev–Trinajstić information content (AvgIpc) is 2.80. The molecule has 0 unspecified atom stereocenters. The van der Waals surface area contributed by atoms with Crippen LogP contribution in [-0.2, 0) is 35.3 Å². The van der Waals surface area contributed by atoms with Crippen molar-refractivity contribution in [3.05, 3.63) is 35.9 Å². The summed E-state index contributed by atoms with van der Waals surface area (Å²) in [5, 5.41) is 4.78. The third kappa shape index (κ3) is 9.10. The first-order chi connectivity index (χ1) is 16.1. The van der Waals surface area contributed by atoms with Gasteiger partial charge in [0, 0.05) is 6.92 Å². The van der Waals surface area contributed by atoms with Crippen LogP contribution in [0.4, 0.5) is 0 Å². The van der Waals surface area contributed by atoms with Gasteiger partial charge in [0.25, 0.3) is 0 Å². The molecule has 2 atom stereocenters. The molecule has 1 rings (SSSR count). The van der Waals surface area contributed by atoms with Crippen LogP contribution >= 0.6 is 11.8 Å². The fraction of sp³-hybridized carbons (Fsp3) is 0.600. The Morgan fingerprint density at radius 2 is 1.65 bits per heavy atom. The zero-order valence-corrected chi connectivity index (χ0v) is 21.8. The standard InChI is InChI=1S/C25H38N2O6S/c1-7-25(8-2,27-22(29)21(17(4)5)34-18(6)28)24(31)26-20(23(30)33-9-3)16-32-15-19-13-11-10-12-14-19/h10-14,17,20-21H,7-9,15-16H2,1-6H3,(H,26,31)(H,27,29)/t20-,21+/m1/s1. The minimum Gasteiger partial charge on any atom is -0.464 e. The highest BCUT2D eigenvalue weighted by atomic mass is 32.2. The first-order valence-electron chi connectivity index (χ1n) is 11.7. The second-order valence-electron chi connectivity index (χ2n) is 8.33. The Hall–Kier alpha value is -2.39. The lowest BCUT2D eigenvalue weighted by Crippen LogP contribution is -2.62. The maximum atomic E-state index is 13.4. The Labute approximate surface area is 206 Å². The van der Waals surface area contributed by atoms with Gasteiger partial charge in [-0.15, -0.1) is 0 Å². The molecule has 0 aromatic heterocycles. The van der Waals surface area contributed by atoms with Gasteiger partial charge in [0.05, 0.1) is 25.1 Å². The van der Waals surface area contributed by atoms with Gasteiger partial charge in [-0.25, -0.2) is 4.79 Å². The number of ether oxygens (including phenoxy) is 2. The highest BCUT2D eigenvalue weighted by Crippen LogP contribution is 2.24. The van der Waals surface area contributed by atoms with Gasteiger partial charge in [-0.2, -0.15) is 0 Å². The van der Waals surface area contributed by atoms with Crippen LogP contribution in [-0.4, -0.2) is 52.9 Å². The highest BCUT2D eigenvalue weighted by molar-refractivity contribution is 8.14. The summed E-state index contributed by atoms with van der Waals surface area (Å²) in [5.74, 6) is -1.60. The summed E-state index contributed by atoms with van der Waals surface area (Å²) >= 11 is 0.947. The molecule has 0 bridgehead atoms. The summed E-state index contributed by atoms with van der Waals surface area (Å²) in [7, 11) is 0. The first kappa shape index (κ1) is 29.6. The minimum absolute atomic E-state index is 0.0776.